The highest BCUT2D eigenvalue weighted by Gasteiger charge is 2.17. The van der Waals surface area contributed by atoms with Crippen LogP contribution in [0.3, 0.4) is 0 Å². The highest BCUT2D eigenvalue weighted by Crippen LogP contribution is 2.24. The van der Waals surface area contributed by atoms with Crippen LogP contribution < -0.4 is 16.4 Å². The first-order valence-electron chi connectivity index (χ1n) is 6.81. The van der Waals surface area contributed by atoms with E-state index in [1.165, 1.54) is 0 Å². The SMILES string of the molecule is CCNC(=O)c1ccc(N)cc1NCC(C)(C)CC. The molecule has 1 amide bonds. The van der Waals surface area contributed by atoms with E-state index in [2.05, 4.69) is 31.4 Å². The number of amides is 1. The minimum absolute atomic E-state index is 0.0701. The first-order chi connectivity index (χ1) is 8.89. The fourth-order valence-corrected chi connectivity index (χ4v) is 1.62. The Morgan fingerprint density at radius 1 is 1.32 bits per heavy atom. The number of nitrogen functional groups attached to an aromatic ring is 1. The molecule has 0 heterocycles. The van der Waals surface area contributed by atoms with Crippen molar-refractivity contribution in [2.75, 3.05) is 24.1 Å². The highest BCUT2D eigenvalue weighted by molar-refractivity contribution is 6.00. The topological polar surface area (TPSA) is 67.2 Å². The van der Waals surface area contributed by atoms with Gasteiger partial charge in [-0.2, -0.15) is 0 Å². The van der Waals surface area contributed by atoms with Gasteiger partial charge in [0.15, 0.2) is 0 Å². The van der Waals surface area contributed by atoms with E-state index in [1.54, 1.807) is 12.1 Å². The van der Waals surface area contributed by atoms with Gasteiger partial charge >= 0.3 is 0 Å². The number of anilines is 2. The predicted molar refractivity (Wildman–Crippen MR) is 81.4 cm³/mol. The summed E-state index contributed by atoms with van der Waals surface area (Å²) in [5.74, 6) is -0.0701. The molecule has 0 atom stereocenters. The third kappa shape index (κ3) is 4.47. The van der Waals surface area contributed by atoms with Crippen LogP contribution in [0.25, 0.3) is 0 Å². The van der Waals surface area contributed by atoms with Crippen molar-refractivity contribution >= 4 is 17.3 Å². The van der Waals surface area contributed by atoms with Gasteiger partial charge in [-0.3, -0.25) is 4.79 Å². The second-order valence-corrected chi connectivity index (χ2v) is 5.54. The van der Waals surface area contributed by atoms with Crippen LogP contribution >= 0.6 is 0 Å². The average molecular weight is 263 g/mol. The fraction of sp³-hybridized carbons (Fsp3) is 0.533. The Hall–Kier alpha value is -1.71. The first-order valence-corrected chi connectivity index (χ1v) is 6.81. The van der Waals surface area contributed by atoms with Gasteiger partial charge in [0, 0.05) is 24.5 Å². The lowest BCUT2D eigenvalue weighted by atomic mass is 9.90. The molecule has 0 spiro atoms. The summed E-state index contributed by atoms with van der Waals surface area (Å²) in [5.41, 5.74) is 8.08. The molecule has 106 valence electrons. The number of carbonyl (C=O) groups is 1. The van der Waals surface area contributed by atoms with Crippen molar-refractivity contribution in [1.29, 1.82) is 0 Å². The zero-order valence-electron chi connectivity index (χ0n) is 12.3. The molecule has 0 aliphatic heterocycles. The number of hydrogen-bond acceptors (Lipinski definition) is 3. The minimum Gasteiger partial charge on any atom is -0.399 e. The summed E-state index contributed by atoms with van der Waals surface area (Å²) < 4.78 is 0. The number of rotatable bonds is 6. The Morgan fingerprint density at radius 2 is 2.00 bits per heavy atom. The molecule has 1 aromatic rings. The normalized spacial score (nSPS) is 11.2. The maximum Gasteiger partial charge on any atom is 0.253 e. The average Bonchev–Trinajstić information content (AvgIpc) is 2.37. The molecule has 1 rings (SSSR count). The van der Waals surface area contributed by atoms with Crippen molar-refractivity contribution in [3.63, 3.8) is 0 Å². The van der Waals surface area contributed by atoms with E-state index in [0.717, 1.165) is 18.7 Å². The van der Waals surface area contributed by atoms with Crippen LogP contribution in [0.5, 0.6) is 0 Å². The van der Waals surface area contributed by atoms with E-state index >= 15 is 0 Å². The Bertz CT molecular complexity index is 441. The van der Waals surface area contributed by atoms with E-state index in [9.17, 15) is 4.79 Å². The quantitative estimate of drug-likeness (QED) is 0.691. The van der Waals surface area contributed by atoms with E-state index in [0.29, 0.717) is 17.8 Å². The second kappa shape index (κ2) is 6.45. The molecular weight excluding hydrogens is 238 g/mol. The molecule has 4 nitrogen and oxygen atoms in total. The van der Waals surface area contributed by atoms with Crippen LogP contribution in [0, 0.1) is 5.41 Å². The lowest BCUT2D eigenvalue weighted by Gasteiger charge is -2.24. The molecule has 0 aliphatic carbocycles. The van der Waals surface area contributed by atoms with Crippen molar-refractivity contribution in [1.82, 2.24) is 5.32 Å². The standard InChI is InChI=1S/C15H25N3O/c1-5-15(3,4)10-18-13-9-11(16)7-8-12(13)14(19)17-6-2/h7-9,18H,5-6,10,16H2,1-4H3,(H,17,19). The molecule has 19 heavy (non-hydrogen) atoms. The van der Waals surface area contributed by atoms with E-state index < -0.39 is 0 Å². The van der Waals surface area contributed by atoms with Crippen LogP contribution in [0.15, 0.2) is 18.2 Å². The lowest BCUT2D eigenvalue weighted by Crippen LogP contribution is -2.26. The van der Waals surface area contributed by atoms with Gasteiger partial charge in [-0.25, -0.2) is 0 Å². The Labute approximate surface area is 115 Å². The van der Waals surface area contributed by atoms with Crippen LogP contribution in [0.1, 0.15) is 44.5 Å². The van der Waals surface area contributed by atoms with E-state index in [4.69, 9.17) is 5.73 Å². The smallest absolute Gasteiger partial charge is 0.253 e. The van der Waals surface area contributed by atoms with Gasteiger partial charge < -0.3 is 16.4 Å². The van der Waals surface area contributed by atoms with Gasteiger partial charge in [-0.1, -0.05) is 20.8 Å². The second-order valence-electron chi connectivity index (χ2n) is 5.54. The van der Waals surface area contributed by atoms with Crippen molar-refractivity contribution in [3.8, 4) is 0 Å². The van der Waals surface area contributed by atoms with Crippen LogP contribution in [-0.4, -0.2) is 19.0 Å². The number of hydrogen-bond donors (Lipinski definition) is 3. The maximum atomic E-state index is 12.0. The summed E-state index contributed by atoms with van der Waals surface area (Å²) >= 11 is 0. The zero-order chi connectivity index (χ0) is 14.5. The molecule has 0 fully saturated rings. The Balaban J connectivity index is 2.91. The number of nitrogens with two attached hydrogens (primary N) is 1. The first kappa shape index (κ1) is 15.3. The minimum atomic E-state index is -0.0701. The van der Waals surface area contributed by atoms with E-state index in [1.807, 2.05) is 13.0 Å². The van der Waals surface area contributed by atoms with Gasteiger partial charge in [-0.05, 0) is 37.0 Å². The van der Waals surface area contributed by atoms with Crippen molar-refractivity contribution in [2.24, 2.45) is 5.41 Å². The third-order valence-corrected chi connectivity index (χ3v) is 3.34. The van der Waals surface area contributed by atoms with Gasteiger partial charge in [0.1, 0.15) is 0 Å². The Morgan fingerprint density at radius 3 is 2.58 bits per heavy atom. The van der Waals surface area contributed by atoms with Gasteiger partial charge in [0.25, 0.3) is 5.91 Å². The molecule has 0 aliphatic rings. The summed E-state index contributed by atoms with van der Waals surface area (Å²) in [5, 5.41) is 6.16. The van der Waals surface area contributed by atoms with Gasteiger partial charge in [-0.15, -0.1) is 0 Å². The molecule has 0 saturated heterocycles. The molecule has 0 radical (unpaired) electrons. The van der Waals surface area contributed by atoms with Gasteiger partial charge in [0.2, 0.25) is 0 Å². The number of benzene rings is 1. The molecule has 4 N–H and O–H groups in total. The van der Waals surface area contributed by atoms with Crippen LogP contribution in [-0.2, 0) is 0 Å². The fourth-order valence-electron chi connectivity index (χ4n) is 1.62. The predicted octanol–water partition coefficient (Wildman–Crippen LogP) is 2.87. The largest absolute Gasteiger partial charge is 0.399 e. The summed E-state index contributed by atoms with van der Waals surface area (Å²) in [7, 11) is 0. The molecule has 0 saturated carbocycles. The van der Waals surface area contributed by atoms with Crippen molar-refractivity contribution in [3.05, 3.63) is 23.8 Å². The molecule has 1 aromatic carbocycles. The van der Waals surface area contributed by atoms with Gasteiger partial charge in [0.05, 0.1) is 5.56 Å². The Kier molecular flexibility index (Phi) is 5.21. The number of carbonyl (C=O) groups excluding carboxylic acids is 1. The van der Waals surface area contributed by atoms with Crippen molar-refractivity contribution < 1.29 is 4.79 Å². The molecule has 4 heteroatoms. The lowest BCUT2D eigenvalue weighted by molar-refractivity contribution is 0.0956. The summed E-state index contributed by atoms with van der Waals surface area (Å²) in [6.07, 6.45) is 1.07. The zero-order valence-corrected chi connectivity index (χ0v) is 12.3. The van der Waals surface area contributed by atoms with Crippen molar-refractivity contribution in [2.45, 2.75) is 34.1 Å². The van der Waals surface area contributed by atoms with Crippen LogP contribution in [0.2, 0.25) is 0 Å². The number of nitrogens with one attached hydrogen (secondary N) is 2. The third-order valence-electron chi connectivity index (χ3n) is 3.34. The molecular formula is C15H25N3O. The summed E-state index contributed by atoms with van der Waals surface area (Å²) in [6.45, 7) is 9.87. The monoisotopic (exact) mass is 263 g/mol. The van der Waals surface area contributed by atoms with E-state index in [-0.39, 0.29) is 11.3 Å². The molecule has 0 bridgehead atoms. The molecule has 0 aromatic heterocycles. The molecule has 0 unspecified atom stereocenters. The summed E-state index contributed by atoms with van der Waals surface area (Å²) in [6, 6.07) is 5.33. The van der Waals surface area contributed by atoms with Crippen LogP contribution in [0.4, 0.5) is 11.4 Å². The highest BCUT2D eigenvalue weighted by atomic mass is 16.1. The summed E-state index contributed by atoms with van der Waals surface area (Å²) in [4.78, 5) is 12.0. The maximum absolute atomic E-state index is 12.0.